The normalized spacial score (nSPS) is 13.8. The minimum absolute atomic E-state index is 0.0183. The number of hydrogen-bond acceptors (Lipinski definition) is 16. The molecule has 0 heterocycles. The van der Waals surface area contributed by atoms with Crippen molar-refractivity contribution >= 4 is 71.2 Å². The van der Waals surface area contributed by atoms with Crippen molar-refractivity contribution in [1.82, 2.24) is 21.3 Å². The molecule has 0 fully saturated rings. The van der Waals surface area contributed by atoms with Crippen LogP contribution in [0.15, 0.2) is 0 Å². The number of alkyl halides is 9. The number of rotatable bonds is 28. The summed E-state index contributed by atoms with van der Waals surface area (Å²) >= 11 is 0. The number of amides is 4. The van der Waals surface area contributed by atoms with Crippen LogP contribution in [-0.2, 0) is 62.2 Å². The number of quaternary nitrogens is 2. The lowest BCUT2D eigenvalue weighted by molar-refractivity contribution is -0.459. The van der Waals surface area contributed by atoms with Crippen molar-refractivity contribution in [3.63, 3.8) is 0 Å². The van der Waals surface area contributed by atoms with Crippen LogP contribution < -0.4 is 64.5 Å². The third-order valence-corrected chi connectivity index (χ3v) is 8.59. The summed E-state index contributed by atoms with van der Waals surface area (Å²) in [6.07, 6.45) is -15.6. The van der Waals surface area contributed by atoms with Gasteiger partial charge < -0.3 is 77.0 Å². The second-order valence-electron chi connectivity index (χ2n) is 15.9. The predicted molar refractivity (Wildman–Crippen MR) is 226 cm³/mol. The number of carboxylic acids is 4. The number of halogens is 9. The van der Waals surface area contributed by atoms with Crippen LogP contribution >= 0.6 is 0 Å². The first-order valence-electron chi connectivity index (χ1n) is 22.0. The molecular formula is C40H64F9N9O17. The van der Waals surface area contributed by atoms with Gasteiger partial charge in [0.05, 0.1) is 38.3 Å². The van der Waals surface area contributed by atoms with Gasteiger partial charge in [-0.2, -0.15) is 39.5 Å². The molecule has 0 rings (SSSR count). The first kappa shape index (κ1) is 74.5. The Morgan fingerprint density at radius 3 is 1.39 bits per heavy atom. The summed E-state index contributed by atoms with van der Waals surface area (Å²) in [5, 5.41) is 46.1. The van der Waals surface area contributed by atoms with Gasteiger partial charge in [0.2, 0.25) is 17.7 Å². The second-order valence-corrected chi connectivity index (χ2v) is 15.9. The maximum atomic E-state index is 12.8. The van der Waals surface area contributed by atoms with Crippen molar-refractivity contribution in [3.8, 4) is 0 Å². The largest absolute Gasteiger partial charge is 0.542 e. The number of carbonyl (C=O) groups excluding carboxylic acids is 10. The van der Waals surface area contributed by atoms with Crippen LogP contribution in [0.1, 0.15) is 98.8 Å². The SMILES string of the molecule is C[C@H](CC(=O)C[C@@H](CCCC[NH3+])C(=O)O)OC(=O)C[C@H](C)NC(=O)C[C@@H](C)OC(=O)C[C@H](C)NC(=O)[C@H](C)NC(=O)[C@H](CCC[NH+]=C(N)N)NC(=O)C[NH3+].O=C([O-])C(F)(F)F.O=C([O-])C(F)(F)F.O=C([O-])C(F)(F)F. The number of esters is 2. The van der Waals surface area contributed by atoms with Gasteiger partial charge in [0.25, 0.3) is 5.91 Å². The van der Waals surface area contributed by atoms with E-state index in [0.29, 0.717) is 32.4 Å². The third-order valence-electron chi connectivity index (χ3n) is 8.59. The van der Waals surface area contributed by atoms with Gasteiger partial charge in [-0.1, -0.05) is 0 Å². The summed E-state index contributed by atoms with van der Waals surface area (Å²) in [4.78, 5) is 128. The summed E-state index contributed by atoms with van der Waals surface area (Å²) in [5.41, 5.74) is 17.9. The average molecular weight is 1110 g/mol. The number of ether oxygens (including phenoxy) is 2. The van der Waals surface area contributed by atoms with E-state index in [-0.39, 0.29) is 56.8 Å². The molecule has 0 aliphatic rings. The van der Waals surface area contributed by atoms with E-state index >= 15 is 0 Å². The Morgan fingerprint density at radius 1 is 0.573 bits per heavy atom. The maximum Gasteiger partial charge on any atom is 0.430 e. The Labute approximate surface area is 421 Å². The lowest BCUT2D eigenvalue weighted by atomic mass is 9.94. The van der Waals surface area contributed by atoms with E-state index in [1.54, 1.807) is 13.8 Å². The van der Waals surface area contributed by atoms with Gasteiger partial charge in [-0.3, -0.25) is 54.8 Å². The first-order chi connectivity index (χ1) is 34.1. The smallest absolute Gasteiger partial charge is 0.430 e. The second kappa shape index (κ2) is 37.6. The van der Waals surface area contributed by atoms with Crippen LogP contribution in [0, 0.1) is 5.92 Å². The van der Waals surface area contributed by atoms with E-state index in [4.69, 9.17) is 50.6 Å². The summed E-state index contributed by atoms with van der Waals surface area (Å²) in [6, 6.07) is -3.28. The van der Waals surface area contributed by atoms with Crippen molar-refractivity contribution < 1.29 is 139 Å². The summed E-state index contributed by atoms with van der Waals surface area (Å²) in [5.74, 6) is -14.6. The molecule has 0 aromatic rings. The van der Waals surface area contributed by atoms with Crippen LogP contribution in [0.3, 0.4) is 0 Å². The highest BCUT2D eigenvalue weighted by molar-refractivity contribution is 5.92. The molecule has 7 atom stereocenters. The van der Waals surface area contributed by atoms with Gasteiger partial charge in [-0.15, -0.1) is 0 Å². The molecule has 0 saturated carbocycles. The van der Waals surface area contributed by atoms with E-state index in [9.17, 15) is 83.0 Å². The molecular weight excluding hydrogens is 1050 g/mol. The Kier molecular flexibility index (Phi) is 37.4. The van der Waals surface area contributed by atoms with Crippen LogP contribution in [-0.4, -0.2) is 151 Å². The van der Waals surface area contributed by atoms with Crippen LogP contribution in [0.4, 0.5) is 39.5 Å². The number of carbonyl (C=O) groups is 11. The van der Waals surface area contributed by atoms with Crippen LogP contribution in [0.5, 0.6) is 0 Å². The Bertz CT molecular complexity index is 1850. The van der Waals surface area contributed by atoms with Gasteiger partial charge in [0.1, 0.15) is 48.0 Å². The molecule has 0 aliphatic heterocycles. The number of nitrogens with two attached hydrogens (primary N) is 2. The number of carboxylic acid groups (broad SMARTS) is 4. The van der Waals surface area contributed by atoms with E-state index in [0.717, 1.165) is 6.42 Å². The lowest BCUT2D eigenvalue weighted by Gasteiger charge is -2.22. The van der Waals surface area contributed by atoms with E-state index in [2.05, 4.69) is 37.7 Å². The minimum Gasteiger partial charge on any atom is -0.542 e. The van der Waals surface area contributed by atoms with Gasteiger partial charge in [0, 0.05) is 24.9 Å². The van der Waals surface area contributed by atoms with Crippen molar-refractivity contribution in [1.29, 1.82) is 0 Å². The van der Waals surface area contributed by atoms with E-state index in [1.807, 2.05) is 0 Å². The topological polar surface area (TPSA) is 465 Å². The molecule has 4 amide bonds. The Hall–Kier alpha value is -7.07. The fourth-order valence-corrected chi connectivity index (χ4v) is 5.21. The molecule has 0 radical (unpaired) electrons. The molecule has 26 nitrogen and oxygen atoms in total. The van der Waals surface area contributed by atoms with Crippen LogP contribution in [0.2, 0.25) is 0 Å². The number of ketones is 1. The first-order valence-corrected chi connectivity index (χ1v) is 22.0. The van der Waals surface area contributed by atoms with Gasteiger partial charge in [0.15, 0.2) is 6.54 Å². The third kappa shape index (κ3) is 43.1. The van der Waals surface area contributed by atoms with Crippen molar-refractivity contribution in [2.45, 2.75) is 154 Å². The minimum atomic E-state index is -5.19. The maximum absolute atomic E-state index is 12.8. The monoisotopic (exact) mass is 1110 g/mol. The van der Waals surface area contributed by atoms with Crippen molar-refractivity contribution in [2.24, 2.45) is 17.4 Å². The number of guanidine groups is 1. The molecule has 16 N–H and O–H groups in total. The summed E-state index contributed by atoms with van der Waals surface area (Å²) in [6.45, 7) is 8.59. The zero-order chi connectivity index (χ0) is 59.6. The lowest BCUT2D eigenvalue weighted by Crippen LogP contribution is -2.78. The molecule has 0 saturated heterocycles. The molecule has 75 heavy (non-hydrogen) atoms. The molecule has 0 spiro atoms. The highest BCUT2D eigenvalue weighted by atomic mass is 19.4. The molecule has 0 aromatic heterocycles. The van der Waals surface area contributed by atoms with E-state index in [1.165, 1.54) is 20.8 Å². The number of aliphatic carboxylic acids is 4. The molecule has 0 unspecified atom stereocenters. The molecule has 35 heteroatoms. The number of hydrogen-bond donors (Lipinski definition) is 10. The molecule has 0 bridgehead atoms. The van der Waals surface area contributed by atoms with Gasteiger partial charge >= 0.3 is 42.4 Å². The predicted octanol–water partition coefficient (Wildman–Crippen LogP) is -7.25. The highest BCUT2D eigenvalue weighted by Crippen LogP contribution is 2.17. The fraction of sp³-hybridized carbons (Fsp3) is 0.700. The molecule has 0 aromatic carbocycles. The average Bonchev–Trinajstić information content (AvgIpc) is 3.23. The molecule has 0 aliphatic carbocycles. The van der Waals surface area contributed by atoms with Gasteiger partial charge in [-0.25, -0.2) is 0 Å². The van der Waals surface area contributed by atoms with Crippen molar-refractivity contribution in [2.75, 3.05) is 19.6 Å². The number of Topliss-reactive ketones (excluding diaryl/α,β-unsaturated/α-hetero) is 1. The van der Waals surface area contributed by atoms with Crippen LogP contribution in [0.25, 0.3) is 0 Å². The van der Waals surface area contributed by atoms with E-state index < -0.39 is 120 Å². The quantitative estimate of drug-likeness (QED) is 0.0114. The fourth-order valence-electron chi connectivity index (χ4n) is 5.21. The van der Waals surface area contributed by atoms with Gasteiger partial charge in [-0.05, 0) is 66.7 Å². The molecule has 434 valence electrons. The highest BCUT2D eigenvalue weighted by Gasteiger charge is 2.31. The van der Waals surface area contributed by atoms with Crippen molar-refractivity contribution in [3.05, 3.63) is 0 Å². The number of unbranched alkanes of at least 4 members (excludes halogenated alkanes) is 1. The Morgan fingerprint density at radius 2 is 1.00 bits per heavy atom. The number of nitrogens with one attached hydrogen (secondary N) is 5. The zero-order valence-electron chi connectivity index (χ0n) is 41.2. The summed E-state index contributed by atoms with van der Waals surface area (Å²) < 4.78 is 105. The zero-order valence-corrected chi connectivity index (χ0v) is 41.2. The Balaban J connectivity index is -0.000000990. The standard InChI is InChI=1S/C34H61N9O11.3C2HF3O2/c1-19(13-29(47)53-21(3)15-25(44)17-24(33(51)52)9-6-7-11-35)40-27(45)16-22(4)54-30(48)14-20(2)41-31(49)23(5)42-32(50)26(43-28(46)18-36)10-8-12-39-34(37)38;3*3-2(4,5)1(6)7/h19-24,26H,6-18,35-36H2,1-5H3,(H,40,45)(H,41,49)(H,42,50)(H,43,46)(H,51,52)(H4,37,38,39);3*(H,6,7)/t19-,20-,21+,22+,23-,24+,26-;;;/m0.../s1. The summed E-state index contributed by atoms with van der Waals surface area (Å²) in [7, 11) is 0.